The average molecular weight is 1140 g/mol. The van der Waals surface area contributed by atoms with Gasteiger partial charge in [-0.3, -0.25) is 9.59 Å². The predicted octanol–water partition coefficient (Wildman–Crippen LogP) is 10.5. The number of carbonyl (C=O) groups excluding carboxylic acids is 2. The number of aromatic hydroxyl groups is 2. The van der Waals surface area contributed by atoms with Crippen molar-refractivity contribution in [3.8, 4) is 34.5 Å². The first-order valence-corrected chi connectivity index (χ1v) is 23.2. The standard InChI is InChI=1S/C48H40Br4N4O9/c49-34-17-30-11-13-41(34)64-44-23-32(19-37(52)46(44)59)21-39(56-63-27-29-9-5-2-6-10-29)48(61)54-25-40(57)33-12-14-42(35(50)24-33)65-43-22-31(18-36(51)45(43)58)15-16-53-47(60)38(20-30)55-62-26-28-7-3-1-4-8-28/h1-14,17-19,22-24,40,57-59H,15-16,20-21,25-27H2,(H,53,60)(H,54,61)/b55-38+,56-39+/t40-/m1/s1. The van der Waals surface area contributed by atoms with E-state index in [1.54, 1.807) is 60.7 Å². The molecule has 0 aromatic heterocycles. The van der Waals surface area contributed by atoms with Gasteiger partial charge in [-0.05, 0) is 152 Å². The molecule has 0 radical (unpaired) electrons. The topological polar surface area (TPSA) is 181 Å². The number of nitrogens with zero attached hydrogens (tertiary/aromatic N) is 2. The van der Waals surface area contributed by atoms with E-state index in [1.165, 1.54) is 0 Å². The van der Waals surface area contributed by atoms with Crippen LogP contribution >= 0.6 is 63.7 Å². The van der Waals surface area contributed by atoms with E-state index in [0.29, 0.717) is 52.5 Å². The Morgan fingerprint density at radius 2 is 1.06 bits per heavy atom. The number of ether oxygens (including phenoxy) is 2. The van der Waals surface area contributed by atoms with Crippen molar-refractivity contribution < 1.29 is 44.1 Å². The Morgan fingerprint density at radius 1 is 0.569 bits per heavy atom. The summed E-state index contributed by atoms with van der Waals surface area (Å²) < 4.78 is 14.0. The van der Waals surface area contributed by atoms with Crippen LogP contribution < -0.4 is 20.1 Å². The van der Waals surface area contributed by atoms with Gasteiger partial charge in [0.1, 0.15) is 36.1 Å². The Balaban J connectivity index is 1.22. The first kappa shape index (κ1) is 47.2. The second-order valence-corrected chi connectivity index (χ2v) is 18.1. The van der Waals surface area contributed by atoms with Gasteiger partial charge in [0, 0.05) is 25.9 Å². The molecule has 4 heterocycles. The van der Waals surface area contributed by atoms with Gasteiger partial charge in [-0.15, -0.1) is 0 Å². The zero-order valence-corrected chi connectivity index (χ0v) is 40.6. The van der Waals surface area contributed by atoms with E-state index in [9.17, 15) is 24.9 Å². The summed E-state index contributed by atoms with van der Waals surface area (Å²) in [4.78, 5) is 38.8. The van der Waals surface area contributed by atoms with E-state index in [0.717, 1.165) is 16.7 Å². The molecule has 0 saturated heterocycles. The molecule has 5 N–H and O–H groups in total. The molecule has 1 atom stereocenters. The quantitative estimate of drug-likeness (QED) is 0.101. The molecule has 6 aromatic carbocycles. The molecule has 4 aliphatic heterocycles. The van der Waals surface area contributed by atoms with Gasteiger partial charge in [-0.2, -0.15) is 0 Å². The lowest BCUT2D eigenvalue weighted by atomic mass is 10.1. The highest BCUT2D eigenvalue weighted by molar-refractivity contribution is 9.11. The smallest absolute Gasteiger partial charge is 0.269 e. The van der Waals surface area contributed by atoms with Crippen molar-refractivity contribution in [1.82, 2.24) is 10.6 Å². The van der Waals surface area contributed by atoms with Gasteiger partial charge < -0.3 is 45.1 Å². The number of oxime groups is 2. The lowest BCUT2D eigenvalue weighted by molar-refractivity contribution is -0.116. The zero-order valence-electron chi connectivity index (χ0n) is 34.3. The van der Waals surface area contributed by atoms with E-state index >= 15 is 0 Å². The van der Waals surface area contributed by atoms with Crippen LogP contribution in [0.25, 0.3) is 0 Å². The molecule has 0 spiro atoms. The first-order chi connectivity index (χ1) is 31.4. The molecule has 6 aromatic rings. The minimum absolute atomic E-state index is 0.0113. The highest BCUT2D eigenvalue weighted by atomic mass is 79.9. The maximum absolute atomic E-state index is 13.8. The van der Waals surface area contributed by atoms with Crippen LogP contribution in [0.4, 0.5) is 0 Å². The molecule has 0 fully saturated rings. The van der Waals surface area contributed by atoms with Crippen molar-refractivity contribution in [1.29, 1.82) is 0 Å². The predicted molar refractivity (Wildman–Crippen MR) is 259 cm³/mol. The maximum Gasteiger partial charge on any atom is 0.269 e. The zero-order chi connectivity index (χ0) is 45.9. The van der Waals surface area contributed by atoms with Gasteiger partial charge in [0.2, 0.25) is 0 Å². The van der Waals surface area contributed by atoms with Crippen molar-refractivity contribution in [2.45, 2.75) is 38.6 Å². The molecule has 13 nitrogen and oxygen atoms in total. The van der Waals surface area contributed by atoms with Crippen molar-refractivity contribution in [2.24, 2.45) is 10.3 Å². The number of carbonyl (C=O) groups is 2. The number of aliphatic hydroxyl groups is 1. The molecule has 4 aliphatic rings. The lowest BCUT2D eigenvalue weighted by Gasteiger charge is -2.17. The minimum atomic E-state index is -1.14. The van der Waals surface area contributed by atoms with Gasteiger partial charge in [0.05, 0.1) is 24.0 Å². The number of rotatable bonds is 6. The second-order valence-electron chi connectivity index (χ2n) is 14.7. The molecule has 0 saturated carbocycles. The Morgan fingerprint density at radius 3 is 1.63 bits per heavy atom. The van der Waals surface area contributed by atoms with E-state index < -0.39 is 17.9 Å². The van der Waals surface area contributed by atoms with Crippen molar-refractivity contribution in [3.63, 3.8) is 0 Å². The van der Waals surface area contributed by atoms with Crippen LogP contribution in [0.3, 0.4) is 0 Å². The minimum Gasteiger partial charge on any atom is -0.503 e. The normalized spacial score (nSPS) is 16.2. The summed E-state index contributed by atoms with van der Waals surface area (Å²) in [5, 5.41) is 47.4. The van der Waals surface area contributed by atoms with Gasteiger partial charge >= 0.3 is 0 Å². The Kier molecular flexibility index (Phi) is 16.3. The van der Waals surface area contributed by atoms with Crippen LogP contribution in [0, 0.1) is 0 Å². The first-order valence-electron chi connectivity index (χ1n) is 20.1. The number of benzene rings is 6. The second kappa shape index (κ2) is 22.5. The third kappa shape index (κ3) is 13.0. The highest BCUT2D eigenvalue weighted by Crippen LogP contribution is 2.42. The summed E-state index contributed by atoms with van der Waals surface area (Å²) in [6.07, 6.45) is -0.734. The fraction of sp³-hybridized carbons (Fsp3) is 0.167. The van der Waals surface area contributed by atoms with Crippen LogP contribution in [0.2, 0.25) is 0 Å². The van der Waals surface area contributed by atoms with E-state index in [1.807, 2.05) is 60.7 Å². The van der Waals surface area contributed by atoms with Crippen LogP contribution in [0.1, 0.15) is 39.5 Å². The number of phenolic OH excluding ortho intramolecular Hbond substituents is 2. The lowest BCUT2D eigenvalue weighted by Crippen LogP contribution is -2.35. The van der Waals surface area contributed by atoms with Crippen LogP contribution in [0.15, 0.2) is 150 Å². The molecule has 2 amide bonds. The Labute approximate surface area is 408 Å². The van der Waals surface area contributed by atoms with Gasteiger partial charge in [0.15, 0.2) is 23.0 Å². The van der Waals surface area contributed by atoms with Crippen LogP contribution in [-0.2, 0) is 51.7 Å². The van der Waals surface area contributed by atoms with E-state index in [2.05, 4.69) is 84.7 Å². The number of aliphatic hydroxyl groups excluding tert-OH is 1. The fourth-order valence-corrected chi connectivity index (χ4v) is 8.45. The summed E-state index contributed by atoms with van der Waals surface area (Å²) >= 11 is 13.9. The van der Waals surface area contributed by atoms with Crippen LogP contribution in [0.5, 0.6) is 34.5 Å². The van der Waals surface area contributed by atoms with Gasteiger partial charge in [-0.25, -0.2) is 0 Å². The van der Waals surface area contributed by atoms with E-state index in [4.69, 9.17) is 19.1 Å². The fourth-order valence-electron chi connectivity index (χ4n) is 6.48. The number of phenols is 2. The number of halogens is 4. The van der Waals surface area contributed by atoms with E-state index in [-0.39, 0.29) is 73.6 Å². The third-order valence-corrected chi connectivity index (χ3v) is 12.3. The average Bonchev–Trinajstić information content (AvgIpc) is 3.29. The molecule has 0 aliphatic carbocycles. The number of hydrogen-bond acceptors (Lipinski definition) is 11. The highest BCUT2D eigenvalue weighted by Gasteiger charge is 2.22. The van der Waals surface area contributed by atoms with Crippen molar-refractivity contribution in [2.75, 3.05) is 13.1 Å². The summed E-state index contributed by atoms with van der Waals surface area (Å²) in [6.45, 7) is 0.274. The molecule has 10 rings (SSSR count). The third-order valence-electron chi connectivity index (χ3n) is 9.87. The molecule has 0 unspecified atom stereocenters. The molecular formula is C48H40Br4N4O9. The Hall–Kier alpha value is -5.72. The summed E-state index contributed by atoms with van der Waals surface area (Å²) in [6, 6.07) is 35.6. The largest absolute Gasteiger partial charge is 0.503 e. The van der Waals surface area contributed by atoms with Gasteiger partial charge in [-0.1, -0.05) is 83.1 Å². The summed E-state index contributed by atoms with van der Waals surface area (Å²) in [5.41, 5.74) is 4.26. The number of nitrogens with one attached hydrogen (secondary N) is 2. The number of amides is 2. The summed E-state index contributed by atoms with van der Waals surface area (Å²) in [5.74, 6) is -0.443. The SMILES string of the molecule is O=C1NCCc2cc(Br)c(O)c(c2)Oc2ccc(cc2Br)[C@H](O)CNC(=O)/C(=N/OCc2ccccc2)Cc2cc(Br)c(O)c(c2)Oc2ccc(cc2Br)C/C1=N\OCc1ccccc1. The maximum atomic E-state index is 13.8. The molecule has 334 valence electrons. The summed E-state index contributed by atoms with van der Waals surface area (Å²) in [7, 11) is 0. The molecule has 17 heteroatoms. The van der Waals surface area contributed by atoms with Crippen molar-refractivity contribution in [3.05, 3.63) is 173 Å². The van der Waals surface area contributed by atoms with Crippen molar-refractivity contribution >= 4 is 87.0 Å². The molecule has 65 heavy (non-hydrogen) atoms. The molecule has 8 bridgehead atoms. The van der Waals surface area contributed by atoms with Crippen LogP contribution in [-0.4, -0.2) is 51.6 Å². The Bertz CT molecular complexity index is 2740. The monoisotopic (exact) mass is 1130 g/mol. The number of hydrogen-bond donors (Lipinski definition) is 5. The molecular weight excluding hydrogens is 1100 g/mol. The van der Waals surface area contributed by atoms with Gasteiger partial charge in [0.25, 0.3) is 11.8 Å².